The van der Waals surface area contributed by atoms with Crippen LogP contribution in [0.3, 0.4) is 0 Å². The molecule has 2 aromatic rings. The van der Waals surface area contributed by atoms with Crippen molar-refractivity contribution in [2.75, 3.05) is 13.2 Å². The van der Waals surface area contributed by atoms with E-state index in [2.05, 4.69) is 5.32 Å². The average molecular weight is 354 g/mol. The molecule has 0 radical (unpaired) electrons. The third kappa shape index (κ3) is 6.00. The molecular weight excluding hydrogens is 337 g/mol. The minimum Gasteiger partial charge on any atom is -0.492 e. The number of hydrogen-bond donors (Lipinski definition) is 1. The van der Waals surface area contributed by atoms with E-state index in [1.54, 1.807) is 55.5 Å². The number of rotatable bonds is 7. The number of ether oxygens (including phenoxy) is 2. The Morgan fingerprint density at radius 1 is 1.00 bits per heavy atom. The van der Waals surface area contributed by atoms with Gasteiger partial charge in [0.2, 0.25) is 0 Å². The van der Waals surface area contributed by atoms with Crippen LogP contribution in [0.15, 0.2) is 48.5 Å². The predicted molar refractivity (Wildman–Crippen MR) is 91.5 cm³/mol. The summed E-state index contributed by atoms with van der Waals surface area (Å²) in [4.78, 5) is 11.9. The first-order chi connectivity index (χ1) is 11.0. The number of amides is 1. The first kappa shape index (κ1) is 17.4. The summed E-state index contributed by atoms with van der Waals surface area (Å²) in [6.45, 7) is 2.43. The van der Waals surface area contributed by atoms with Crippen LogP contribution in [0.25, 0.3) is 0 Å². The Balaban J connectivity index is 1.69. The zero-order valence-corrected chi connectivity index (χ0v) is 14.1. The maximum Gasteiger partial charge on any atom is 0.260 e. The summed E-state index contributed by atoms with van der Waals surface area (Å²) >= 11 is 11.6. The Morgan fingerprint density at radius 2 is 1.52 bits per heavy atom. The van der Waals surface area contributed by atoms with E-state index in [0.29, 0.717) is 34.7 Å². The van der Waals surface area contributed by atoms with E-state index >= 15 is 0 Å². The highest BCUT2D eigenvalue weighted by atomic mass is 35.5. The van der Waals surface area contributed by atoms with Crippen molar-refractivity contribution in [3.8, 4) is 11.5 Å². The zero-order chi connectivity index (χ0) is 16.7. The van der Waals surface area contributed by atoms with Crippen molar-refractivity contribution in [2.45, 2.75) is 13.0 Å². The number of halogens is 2. The van der Waals surface area contributed by atoms with Crippen LogP contribution in [0, 0.1) is 0 Å². The van der Waals surface area contributed by atoms with Gasteiger partial charge in [-0.3, -0.25) is 4.79 Å². The minimum atomic E-state index is -0.605. The Kier molecular flexibility index (Phi) is 6.56. The third-order valence-corrected chi connectivity index (χ3v) is 3.48. The number of nitrogens with one attached hydrogen (secondary N) is 1. The largest absolute Gasteiger partial charge is 0.492 e. The molecule has 2 rings (SSSR count). The van der Waals surface area contributed by atoms with Crippen LogP contribution >= 0.6 is 23.2 Å². The second-order valence-corrected chi connectivity index (χ2v) is 5.68. The van der Waals surface area contributed by atoms with Crippen molar-refractivity contribution in [3.63, 3.8) is 0 Å². The Bertz CT molecular complexity index is 629. The minimum absolute atomic E-state index is 0.209. The molecule has 0 aliphatic heterocycles. The second kappa shape index (κ2) is 8.65. The molecule has 23 heavy (non-hydrogen) atoms. The van der Waals surface area contributed by atoms with E-state index in [0.717, 1.165) is 0 Å². The molecule has 0 spiro atoms. The van der Waals surface area contributed by atoms with Crippen molar-refractivity contribution in [1.29, 1.82) is 0 Å². The quantitative estimate of drug-likeness (QED) is 0.766. The molecular formula is C17H17Cl2NO3. The maximum atomic E-state index is 11.9. The van der Waals surface area contributed by atoms with Gasteiger partial charge in [-0.1, -0.05) is 23.2 Å². The molecule has 0 aliphatic rings. The molecule has 1 amide bonds. The van der Waals surface area contributed by atoms with Crippen LogP contribution in [-0.2, 0) is 4.79 Å². The fourth-order valence-electron chi connectivity index (χ4n) is 1.79. The lowest BCUT2D eigenvalue weighted by Crippen LogP contribution is -2.38. The van der Waals surface area contributed by atoms with Crippen molar-refractivity contribution in [1.82, 2.24) is 5.32 Å². The van der Waals surface area contributed by atoms with E-state index in [-0.39, 0.29) is 5.91 Å². The summed E-state index contributed by atoms with van der Waals surface area (Å²) in [7, 11) is 0. The summed E-state index contributed by atoms with van der Waals surface area (Å²) in [6.07, 6.45) is -0.605. The summed E-state index contributed by atoms with van der Waals surface area (Å²) in [5.41, 5.74) is 0. The topological polar surface area (TPSA) is 47.6 Å². The van der Waals surface area contributed by atoms with Gasteiger partial charge in [-0.25, -0.2) is 0 Å². The number of carbonyl (C=O) groups is 1. The van der Waals surface area contributed by atoms with Gasteiger partial charge in [-0.2, -0.15) is 0 Å². The fraction of sp³-hybridized carbons (Fsp3) is 0.235. The summed E-state index contributed by atoms with van der Waals surface area (Å²) < 4.78 is 11.0. The standard InChI is InChI=1S/C17H17Cl2NO3/c1-12(23-16-8-4-14(19)5-9-16)17(21)20-10-11-22-15-6-2-13(18)3-7-15/h2-9,12H,10-11H2,1H3,(H,20,21). The molecule has 1 N–H and O–H groups in total. The Morgan fingerprint density at radius 3 is 2.09 bits per heavy atom. The highest BCUT2D eigenvalue weighted by molar-refractivity contribution is 6.30. The van der Waals surface area contributed by atoms with Crippen LogP contribution in [0.1, 0.15) is 6.92 Å². The lowest BCUT2D eigenvalue weighted by Gasteiger charge is -2.15. The smallest absolute Gasteiger partial charge is 0.260 e. The van der Waals surface area contributed by atoms with Gasteiger partial charge in [-0.05, 0) is 55.5 Å². The van der Waals surface area contributed by atoms with Crippen LogP contribution in [0.2, 0.25) is 10.0 Å². The predicted octanol–water partition coefficient (Wildman–Crippen LogP) is 3.96. The fourth-order valence-corrected chi connectivity index (χ4v) is 2.04. The first-order valence-corrected chi connectivity index (χ1v) is 7.88. The third-order valence-electron chi connectivity index (χ3n) is 2.98. The molecule has 0 heterocycles. The van der Waals surface area contributed by atoms with Gasteiger partial charge in [-0.15, -0.1) is 0 Å². The monoisotopic (exact) mass is 353 g/mol. The van der Waals surface area contributed by atoms with Crippen molar-refractivity contribution < 1.29 is 14.3 Å². The Hall–Kier alpha value is -1.91. The van der Waals surface area contributed by atoms with Gasteiger partial charge in [0.25, 0.3) is 5.91 Å². The maximum absolute atomic E-state index is 11.9. The normalized spacial score (nSPS) is 11.6. The van der Waals surface area contributed by atoms with Crippen LogP contribution in [0.4, 0.5) is 0 Å². The van der Waals surface area contributed by atoms with Gasteiger partial charge in [0, 0.05) is 10.0 Å². The molecule has 0 bridgehead atoms. The van der Waals surface area contributed by atoms with Crippen LogP contribution < -0.4 is 14.8 Å². The lowest BCUT2D eigenvalue weighted by atomic mass is 10.3. The van der Waals surface area contributed by atoms with E-state index < -0.39 is 6.10 Å². The molecule has 0 aromatic heterocycles. The van der Waals surface area contributed by atoms with E-state index in [9.17, 15) is 4.79 Å². The Labute approximate surface area is 145 Å². The van der Waals surface area contributed by atoms with Gasteiger partial charge < -0.3 is 14.8 Å². The molecule has 0 saturated heterocycles. The molecule has 0 fully saturated rings. The molecule has 1 atom stereocenters. The zero-order valence-electron chi connectivity index (χ0n) is 12.6. The molecule has 0 aliphatic carbocycles. The molecule has 2 aromatic carbocycles. The SMILES string of the molecule is CC(Oc1ccc(Cl)cc1)C(=O)NCCOc1ccc(Cl)cc1. The van der Waals surface area contributed by atoms with E-state index in [4.69, 9.17) is 32.7 Å². The van der Waals surface area contributed by atoms with E-state index in [1.165, 1.54) is 0 Å². The van der Waals surface area contributed by atoms with Gasteiger partial charge >= 0.3 is 0 Å². The average Bonchev–Trinajstić information content (AvgIpc) is 2.55. The highest BCUT2D eigenvalue weighted by Crippen LogP contribution is 2.17. The number of benzene rings is 2. The highest BCUT2D eigenvalue weighted by Gasteiger charge is 2.13. The molecule has 0 saturated carbocycles. The van der Waals surface area contributed by atoms with Gasteiger partial charge in [0.1, 0.15) is 18.1 Å². The molecule has 1 unspecified atom stereocenters. The van der Waals surface area contributed by atoms with Crippen molar-refractivity contribution in [2.24, 2.45) is 0 Å². The van der Waals surface area contributed by atoms with Crippen LogP contribution in [0.5, 0.6) is 11.5 Å². The first-order valence-electron chi connectivity index (χ1n) is 7.13. The number of carbonyl (C=O) groups excluding carboxylic acids is 1. The summed E-state index contributed by atoms with van der Waals surface area (Å²) in [5.74, 6) is 1.09. The molecule has 122 valence electrons. The summed E-state index contributed by atoms with van der Waals surface area (Å²) in [5, 5.41) is 4.03. The lowest BCUT2D eigenvalue weighted by molar-refractivity contribution is -0.127. The van der Waals surface area contributed by atoms with Gasteiger partial charge in [0.15, 0.2) is 6.10 Å². The van der Waals surface area contributed by atoms with Crippen molar-refractivity contribution in [3.05, 3.63) is 58.6 Å². The number of hydrogen-bond acceptors (Lipinski definition) is 3. The van der Waals surface area contributed by atoms with E-state index in [1.807, 2.05) is 0 Å². The van der Waals surface area contributed by atoms with Crippen LogP contribution in [-0.4, -0.2) is 25.2 Å². The second-order valence-electron chi connectivity index (χ2n) is 4.81. The summed E-state index contributed by atoms with van der Waals surface area (Å²) in [6, 6.07) is 13.9. The van der Waals surface area contributed by atoms with Crippen molar-refractivity contribution >= 4 is 29.1 Å². The molecule has 6 heteroatoms. The molecule has 4 nitrogen and oxygen atoms in total. The van der Waals surface area contributed by atoms with Gasteiger partial charge in [0.05, 0.1) is 6.54 Å².